The molecular formula is C24H31NO4S. The van der Waals surface area contributed by atoms with E-state index in [2.05, 4.69) is 6.08 Å². The normalized spacial score (nSPS) is 12.4. The Kier molecular flexibility index (Phi) is 9.27. The second kappa shape index (κ2) is 11.7. The highest BCUT2D eigenvalue weighted by atomic mass is 32.2. The van der Waals surface area contributed by atoms with Crippen LogP contribution >= 0.6 is 0 Å². The van der Waals surface area contributed by atoms with E-state index in [9.17, 15) is 13.2 Å². The van der Waals surface area contributed by atoms with Crippen LogP contribution in [0.3, 0.4) is 0 Å². The maximum atomic E-state index is 12.6. The van der Waals surface area contributed by atoms with Crippen LogP contribution in [0.15, 0.2) is 72.3 Å². The number of carbonyl (C=O) groups excluding carboxylic acids is 1. The van der Waals surface area contributed by atoms with Crippen molar-refractivity contribution in [3.63, 3.8) is 0 Å². The van der Waals surface area contributed by atoms with Crippen LogP contribution in [-0.2, 0) is 21.3 Å². The molecule has 6 heteroatoms. The lowest BCUT2D eigenvalue weighted by molar-refractivity contribution is -0.0715. The Morgan fingerprint density at radius 1 is 1.00 bits per heavy atom. The van der Waals surface area contributed by atoms with Gasteiger partial charge in [-0.25, -0.2) is 13.2 Å². The van der Waals surface area contributed by atoms with Gasteiger partial charge >= 0.3 is 5.97 Å². The van der Waals surface area contributed by atoms with E-state index in [0.29, 0.717) is 24.8 Å². The van der Waals surface area contributed by atoms with E-state index in [-0.39, 0.29) is 0 Å². The molecule has 0 N–H and O–H groups in total. The van der Waals surface area contributed by atoms with Crippen molar-refractivity contribution in [3.05, 3.63) is 83.4 Å². The van der Waals surface area contributed by atoms with Gasteiger partial charge in [0.2, 0.25) is 10.0 Å². The molecule has 1 unspecified atom stereocenters. The van der Waals surface area contributed by atoms with Crippen LogP contribution in [0.1, 0.15) is 55.5 Å². The van der Waals surface area contributed by atoms with Gasteiger partial charge in [0.1, 0.15) is 0 Å². The lowest BCUT2D eigenvalue weighted by Crippen LogP contribution is -2.41. The van der Waals surface area contributed by atoms with Crippen LogP contribution in [-0.4, -0.2) is 31.2 Å². The molecular weight excluding hydrogens is 398 g/mol. The molecule has 30 heavy (non-hydrogen) atoms. The van der Waals surface area contributed by atoms with Crippen LogP contribution < -0.4 is 0 Å². The summed E-state index contributed by atoms with van der Waals surface area (Å²) in [6.07, 6.45) is 6.74. The van der Waals surface area contributed by atoms with E-state index < -0.39 is 22.0 Å². The van der Waals surface area contributed by atoms with Crippen molar-refractivity contribution >= 4 is 16.0 Å². The predicted molar refractivity (Wildman–Crippen MR) is 120 cm³/mol. The van der Waals surface area contributed by atoms with Crippen molar-refractivity contribution in [1.82, 2.24) is 4.47 Å². The van der Waals surface area contributed by atoms with Crippen LogP contribution in [0, 0.1) is 0 Å². The van der Waals surface area contributed by atoms with E-state index in [4.69, 9.17) is 4.84 Å². The second-order valence-electron chi connectivity index (χ2n) is 7.65. The summed E-state index contributed by atoms with van der Waals surface area (Å²) >= 11 is 0. The zero-order chi connectivity index (χ0) is 22.0. The van der Waals surface area contributed by atoms with Gasteiger partial charge in [-0.1, -0.05) is 60.2 Å². The van der Waals surface area contributed by atoms with E-state index in [0.717, 1.165) is 29.1 Å². The van der Waals surface area contributed by atoms with Crippen molar-refractivity contribution in [2.24, 2.45) is 0 Å². The number of hydroxylamine groups is 1. The predicted octanol–water partition coefficient (Wildman–Crippen LogP) is 5.16. The van der Waals surface area contributed by atoms with Crippen LogP contribution in [0.2, 0.25) is 0 Å². The molecule has 0 fully saturated rings. The van der Waals surface area contributed by atoms with Gasteiger partial charge in [0, 0.05) is 0 Å². The molecule has 0 aromatic heterocycles. The summed E-state index contributed by atoms with van der Waals surface area (Å²) in [5.74, 6) is -0.671. The van der Waals surface area contributed by atoms with Crippen LogP contribution in [0.25, 0.3) is 0 Å². The van der Waals surface area contributed by atoms with E-state index in [1.807, 2.05) is 44.2 Å². The maximum absolute atomic E-state index is 12.6. The Morgan fingerprint density at radius 2 is 1.60 bits per heavy atom. The minimum Gasteiger partial charge on any atom is -0.348 e. The summed E-state index contributed by atoms with van der Waals surface area (Å²) in [6, 6.07) is 17.9. The molecule has 2 rings (SSSR count). The molecule has 2 aromatic carbocycles. The molecule has 0 amide bonds. The molecule has 0 bridgehead atoms. The Labute approximate surface area is 180 Å². The summed E-state index contributed by atoms with van der Waals surface area (Å²) in [5.41, 5.74) is 2.67. The molecule has 0 aliphatic rings. The first-order valence-electron chi connectivity index (χ1n) is 10.2. The number of hydrogen-bond acceptors (Lipinski definition) is 4. The monoisotopic (exact) mass is 429 g/mol. The van der Waals surface area contributed by atoms with Crippen LogP contribution in [0.4, 0.5) is 0 Å². The average molecular weight is 430 g/mol. The Hall–Kier alpha value is -2.44. The Bertz CT molecular complexity index is 920. The zero-order valence-electron chi connectivity index (χ0n) is 18.0. The first kappa shape index (κ1) is 23.8. The Balaban J connectivity index is 2.19. The van der Waals surface area contributed by atoms with E-state index >= 15 is 0 Å². The highest BCUT2D eigenvalue weighted by molar-refractivity contribution is 7.88. The average Bonchev–Trinajstić information content (AvgIpc) is 2.72. The highest BCUT2D eigenvalue weighted by Gasteiger charge is 2.31. The minimum absolute atomic E-state index is 0.317. The molecule has 162 valence electrons. The molecule has 0 saturated carbocycles. The van der Waals surface area contributed by atoms with E-state index in [1.54, 1.807) is 30.3 Å². The molecule has 5 nitrogen and oxygen atoms in total. The molecule has 0 heterocycles. The molecule has 0 aliphatic carbocycles. The van der Waals surface area contributed by atoms with Gasteiger partial charge in [0.25, 0.3) is 0 Å². The number of nitrogens with zero attached hydrogens (tertiary/aromatic N) is 1. The lowest BCUT2D eigenvalue weighted by Gasteiger charge is -2.28. The highest BCUT2D eigenvalue weighted by Crippen LogP contribution is 2.21. The summed E-state index contributed by atoms with van der Waals surface area (Å²) in [4.78, 5) is 18.0. The number of sulfonamides is 1. The first-order valence-corrected chi connectivity index (χ1v) is 12.1. The number of allylic oxidation sites excluding steroid dienone is 2. The number of carbonyl (C=O) groups is 1. The molecule has 1 atom stereocenters. The number of aryl methyl sites for hydroxylation is 1. The third kappa shape index (κ3) is 8.13. The summed E-state index contributed by atoms with van der Waals surface area (Å²) < 4.78 is 26.0. The van der Waals surface area contributed by atoms with Crippen molar-refractivity contribution in [3.8, 4) is 0 Å². The molecule has 0 saturated heterocycles. The number of unbranched alkanes of at least 4 members (excludes halogenated alkanes) is 1. The summed E-state index contributed by atoms with van der Waals surface area (Å²) in [7, 11) is -3.75. The zero-order valence-corrected chi connectivity index (χ0v) is 18.8. The fraction of sp³-hybridized carbons (Fsp3) is 0.375. The number of benzene rings is 2. The number of rotatable bonds is 11. The van der Waals surface area contributed by atoms with Crippen LogP contribution in [0.5, 0.6) is 0 Å². The largest absolute Gasteiger partial charge is 0.357 e. The maximum Gasteiger partial charge on any atom is 0.357 e. The third-order valence-electron chi connectivity index (χ3n) is 4.71. The van der Waals surface area contributed by atoms with Gasteiger partial charge in [-0.15, -0.1) is 0 Å². The quantitative estimate of drug-likeness (QED) is 0.281. The van der Waals surface area contributed by atoms with Gasteiger partial charge < -0.3 is 4.84 Å². The van der Waals surface area contributed by atoms with Crippen molar-refractivity contribution < 1.29 is 18.0 Å². The van der Waals surface area contributed by atoms with Crippen molar-refractivity contribution in [1.29, 1.82) is 0 Å². The van der Waals surface area contributed by atoms with Crippen molar-refractivity contribution in [2.75, 3.05) is 6.26 Å². The number of hydrogen-bond donors (Lipinski definition) is 0. The van der Waals surface area contributed by atoms with Gasteiger partial charge in [0.15, 0.2) is 0 Å². The van der Waals surface area contributed by atoms with E-state index in [1.165, 1.54) is 5.57 Å². The third-order valence-corrected chi connectivity index (χ3v) is 5.74. The first-order chi connectivity index (χ1) is 14.3. The Morgan fingerprint density at radius 3 is 2.17 bits per heavy atom. The van der Waals surface area contributed by atoms with Gasteiger partial charge in [-0.2, -0.15) is 0 Å². The van der Waals surface area contributed by atoms with Gasteiger partial charge in [-0.05, 0) is 68.1 Å². The molecule has 2 aromatic rings. The second-order valence-corrected chi connectivity index (χ2v) is 9.48. The van der Waals surface area contributed by atoms with Crippen molar-refractivity contribution in [2.45, 2.75) is 52.0 Å². The van der Waals surface area contributed by atoms with Gasteiger partial charge in [-0.3, -0.25) is 0 Å². The molecule has 0 radical (unpaired) electrons. The molecule has 0 aliphatic heterocycles. The topological polar surface area (TPSA) is 63.7 Å². The molecule has 0 spiro atoms. The summed E-state index contributed by atoms with van der Waals surface area (Å²) in [5, 5.41) is 0. The fourth-order valence-electron chi connectivity index (χ4n) is 3.20. The minimum atomic E-state index is -3.75. The fourth-order valence-corrected chi connectivity index (χ4v) is 4.15. The summed E-state index contributed by atoms with van der Waals surface area (Å²) in [6.45, 7) is 4.08. The lowest BCUT2D eigenvalue weighted by atomic mass is 10.0. The standard InChI is InChI=1S/C24H31NO4S/c1-20(2)12-10-11-17-23(19-18-21-13-6-4-7-14-21)25(30(3,27)28)29-24(26)22-15-8-5-9-16-22/h4-9,12-16,23H,10-11,17-19H2,1-3H3. The van der Waals surface area contributed by atoms with Gasteiger partial charge in [0.05, 0.1) is 17.9 Å². The SMILES string of the molecule is CC(C)=CCCCC(CCc1ccccc1)N(OC(=O)c1ccccc1)S(C)(=O)=O. The smallest absolute Gasteiger partial charge is 0.348 e.